The number of aliphatic hydroxyl groups is 1. The van der Waals surface area contributed by atoms with Crippen LogP contribution in [0.15, 0.2) is 24.3 Å². The van der Waals surface area contributed by atoms with Crippen molar-refractivity contribution in [3.05, 3.63) is 35.6 Å². The molecule has 1 aromatic rings. The second-order valence-corrected chi connectivity index (χ2v) is 7.13. The van der Waals surface area contributed by atoms with Gasteiger partial charge in [-0.2, -0.15) is 0 Å². The maximum Gasteiger partial charge on any atom is 0.223 e. The molecule has 5 nitrogen and oxygen atoms in total. The van der Waals surface area contributed by atoms with Gasteiger partial charge in [-0.05, 0) is 30.5 Å². The van der Waals surface area contributed by atoms with Crippen molar-refractivity contribution in [1.82, 2.24) is 15.1 Å². The van der Waals surface area contributed by atoms with Crippen LogP contribution >= 0.6 is 0 Å². The Morgan fingerprint density at radius 2 is 1.96 bits per heavy atom. The second kappa shape index (κ2) is 8.74. The highest BCUT2D eigenvalue weighted by Gasteiger charge is 2.25. The van der Waals surface area contributed by atoms with Gasteiger partial charge in [0.05, 0.1) is 6.10 Å². The number of aliphatic hydroxyl groups excluding tert-OH is 1. The summed E-state index contributed by atoms with van der Waals surface area (Å²) in [5.41, 5.74) is 0.626. The van der Waals surface area contributed by atoms with E-state index in [4.69, 9.17) is 0 Å². The van der Waals surface area contributed by atoms with E-state index in [1.165, 1.54) is 18.6 Å². The third kappa shape index (κ3) is 5.23. The van der Waals surface area contributed by atoms with E-state index < -0.39 is 6.10 Å². The minimum absolute atomic E-state index is 0.211. The molecule has 1 heterocycles. The molecule has 0 radical (unpaired) electrons. The van der Waals surface area contributed by atoms with Gasteiger partial charge in [-0.1, -0.05) is 18.6 Å². The van der Waals surface area contributed by atoms with Gasteiger partial charge in [-0.15, -0.1) is 0 Å². The molecule has 6 heteroatoms. The van der Waals surface area contributed by atoms with Gasteiger partial charge in [0.25, 0.3) is 0 Å². The summed E-state index contributed by atoms with van der Waals surface area (Å²) < 4.78 is 13.2. The maximum atomic E-state index is 13.2. The first-order valence-corrected chi connectivity index (χ1v) is 9.28. The molecule has 1 amide bonds. The first-order valence-electron chi connectivity index (χ1n) is 9.28. The van der Waals surface area contributed by atoms with Crippen molar-refractivity contribution in [1.29, 1.82) is 0 Å². The second-order valence-electron chi connectivity index (χ2n) is 7.13. The summed E-state index contributed by atoms with van der Waals surface area (Å²) in [6.07, 6.45) is 2.60. The zero-order valence-electron chi connectivity index (χ0n) is 14.7. The zero-order valence-corrected chi connectivity index (χ0v) is 14.7. The lowest BCUT2D eigenvalue weighted by Crippen LogP contribution is -2.49. The summed E-state index contributed by atoms with van der Waals surface area (Å²) >= 11 is 0. The molecule has 0 unspecified atom stereocenters. The van der Waals surface area contributed by atoms with Gasteiger partial charge < -0.3 is 10.4 Å². The molecule has 1 aliphatic carbocycles. The molecule has 3 rings (SSSR count). The highest BCUT2D eigenvalue weighted by molar-refractivity contribution is 5.79. The van der Waals surface area contributed by atoms with Crippen LogP contribution in [-0.2, 0) is 4.79 Å². The quantitative estimate of drug-likeness (QED) is 0.781. The molecular formula is C19H28FN3O2. The number of benzene rings is 1. The molecule has 0 bridgehead atoms. The van der Waals surface area contributed by atoms with Crippen LogP contribution in [0, 0.1) is 11.7 Å². The van der Waals surface area contributed by atoms with E-state index in [9.17, 15) is 14.3 Å². The smallest absolute Gasteiger partial charge is 0.223 e. The van der Waals surface area contributed by atoms with Crippen LogP contribution in [0.4, 0.5) is 4.39 Å². The molecule has 1 atom stereocenters. The van der Waals surface area contributed by atoms with Crippen LogP contribution in [0.5, 0.6) is 0 Å². The highest BCUT2D eigenvalue weighted by Crippen LogP contribution is 2.26. The number of carbonyl (C=O) groups is 1. The number of nitrogens with zero attached hydrogens (tertiary/aromatic N) is 2. The Bertz CT molecular complexity index is 572. The molecule has 0 aromatic heterocycles. The molecule has 2 fully saturated rings. The SMILES string of the molecule is O=C(NCCN1CCN(C[C@@H](O)c2cccc(F)c2)CC1)C1CCC1. The number of β-amino-alcohol motifs (C(OH)–C–C–N with tert-alkyl or cyclic N) is 1. The summed E-state index contributed by atoms with van der Waals surface area (Å²) in [5.74, 6) is 0.148. The Labute approximate surface area is 148 Å². The number of hydrogen-bond donors (Lipinski definition) is 2. The Morgan fingerprint density at radius 3 is 2.60 bits per heavy atom. The number of amides is 1. The van der Waals surface area contributed by atoms with Crippen molar-refractivity contribution in [3.8, 4) is 0 Å². The lowest BCUT2D eigenvalue weighted by molar-refractivity contribution is -0.127. The van der Waals surface area contributed by atoms with Crippen LogP contribution in [-0.4, -0.2) is 66.6 Å². The van der Waals surface area contributed by atoms with Gasteiger partial charge in [0.15, 0.2) is 0 Å². The topological polar surface area (TPSA) is 55.8 Å². The number of nitrogens with one attached hydrogen (secondary N) is 1. The number of carbonyl (C=O) groups excluding carboxylic acids is 1. The molecule has 0 spiro atoms. The number of rotatable bonds is 7. The first-order chi connectivity index (χ1) is 12.1. The van der Waals surface area contributed by atoms with Crippen LogP contribution < -0.4 is 5.32 Å². The van der Waals surface area contributed by atoms with Gasteiger partial charge in [-0.25, -0.2) is 4.39 Å². The molecule has 2 aliphatic rings. The van der Waals surface area contributed by atoms with E-state index in [2.05, 4.69) is 15.1 Å². The fraction of sp³-hybridized carbons (Fsp3) is 0.632. The van der Waals surface area contributed by atoms with Gasteiger partial charge in [0, 0.05) is 51.7 Å². The fourth-order valence-corrected chi connectivity index (χ4v) is 3.41. The van der Waals surface area contributed by atoms with Crippen molar-refractivity contribution < 1.29 is 14.3 Å². The molecule has 25 heavy (non-hydrogen) atoms. The van der Waals surface area contributed by atoms with Crippen molar-refractivity contribution in [2.45, 2.75) is 25.4 Å². The minimum atomic E-state index is -0.663. The summed E-state index contributed by atoms with van der Waals surface area (Å²) in [6, 6.07) is 6.17. The number of hydrogen-bond acceptors (Lipinski definition) is 4. The summed E-state index contributed by atoms with van der Waals surface area (Å²) in [6.45, 7) is 5.71. The summed E-state index contributed by atoms with van der Waals surface area (Å²) in [5, 5.41) is 13.3. The van der Waals surface area contributed by atoms with Crippen LogP contribution in [0.25, 0.3) is 0 Å². The van der Waals surface area contributed by atoms with Gasteiger partial charge >= 0.3 is 0 Å². The number of piperazine rings is 1. The van der Waals surface area contributed by atoms with Crippen LogP contribution in [0.1, 0.15) is 30.9 Å². The van der Waals surface area contributed by atoms with Crippen molar-refractivity contribution in [2.75, 3.05) is 45.8 Å². The first kappa shape index (κ1) is 18.3. The Balaban J connectivity index is 1.33. The third-order valence-electron chi connectivity index (χ3n) is 5.33. The van der Waals surface area contributed by atoms with E-state index in [0.717, 1.165) is 45.6 Å². The van der Waals surface area contributed by atoms with Crippen LogP contribution in [0.2, 0.25) is 0 Å². The van der Waals surface area contributed by atoms with Crippen molar-refractivity contribution in [3.63, 3.8) is 0 Å². The Hall–Kier alpha value is -1.50. The van der Waals surface area contributed by atoms with Gasteiger partial charge in [0.2, 0.25) is 5.91 Å². The molecular weight excluding hydrogens is 321 g/mol. The predicted octanol–water partition coefficient (Wildman–Crippen LogP) is 1.39. The van der Waals surface area contributed by atoms with Gasteiger partial charge in [0.1, 0.15) is 5.82 Å². The minimum Gasteiger partial charge on any atom is -0.387 e. The fourth-order valence-electron chi connectivity index (χ4n) is 3.41. The molecule has 1 saturated carbocycles. The van der Waals surface area contributed by atoms with E-state index in [1.54, 1.807) is 12.1 Å². The molecule has 138 valence electrons. The standard InChI is InChI=1S/C19H28FN3O2/c20-17-6-2-5-16(13-17)18(24)14-23-11-9-22(10-12-23)8-7-21-19(25)15-3-1-4-15/h2,5-6,13,15,18,24H,1,3-4,7-12,14H2,(H,21,25)/t18-/m1/s1. The van der Waals surface area contributed by atoms with E-state index in [0.29, 0.717) is 18.7 Å². The molecule has 1 aromatic carbocycles. The van der Waals surface area contributed by atoms with Crippen molar-refractivity contribution in [2.24, 2.45) is 5.92 Å². The third-order valence-corrected chi connectivity index (χ3v) is 5.33. The Kier molecular flexibility index (Phi) is 6.39. The molecule has 1 aliphatic heterocycles. The normalized spacial score (nSPS) is 20.9. The Morgan fingerprint density at radius 1 is 1.24 bits per heavy atom. The predicted molar refractivity (Wildman–Crippen MR) is 94.6 cm³/mol. The maximum absolute atomic E-state index is 13.2. The van der Waals surface area contributed by atoms with E-state index in [1.807, 2.05) is 0 Å². The monoisotopic (exact) mass is 349 g/mol. The average molecular weight is 349 g/mol. The van der Waals surface area contributed by atoms with Crippen LogP contribution in [0.3, 0.4) is 0 Å². The van der Waals surface area contributed by atoms with Gasteiger partial charge in [-0.3, -0.25) is 14.6 Å². The van der Waals surface area contributed by atoms with Crippen molar-refractivity contribution >= 4 is 5.91 Å². The zero-order chi connectivity index (χ0) is 17.6. The highest BCUT2D eigenvalue weighted by atomic mass is 19.1. The van der Waals surface area contributed by atoms with E-state index >= 15 is 0 Å². The average Bonchev–Trinajstić information content (AvgIpc) is 2.55. The lowest BCUT2D eigenvalue weighted by atomic mass is 9.85. The summed E-state index contributed by atoms with van der Waals surface area (Å²) in [4.78, 5) is 16.4. The molecule has 2 N–H and O–H groups in total. The lowest BCUT2D eigenvalue weighted by Gasteiger charge is -2.35. The van der Waals surface area contributed by atoms with E-state index in [-0.39, 0.29) is 17.6 Å². The molecule has 1 saturated heterocycles. The summed E-state index contributed by atoms with van der Waals surface area (Å²) in [7, 11) is 0. The largest absolute Gasteiger partial charge is 0.387 e. The number of halogens is 1.